The van der Waals surface area contributed by atoms with E-state index in [4.69, 9.17) is 0 Å². The molecule has 2 rings (SSSR count). The highest BCUT2D eigenvalue weighted by Crippen LogP contribution is 2.15. The minimum atomic E-state index is -0.895. The Morgan fingerprint density at radius 1 is 1.15 bits per heavy atom. The van der Waals surface area contributed by atoms with Crippen LogP contribution >= 0.6 is 0 Å². The first-order valence-electron chi connectivity index (χ1n) is 6.21. The maximum absolute atomic E-state index is 13.4. The largest absolute Gasteiger partial charge is 0.298 e. The highest BCUT2D eigenvalue weighted by molar-refractivity contribution is 5.95. The van der Waals surface area contributed by atoms with E-state index in [9.17, 15) is 13.6 Å². The molecule has 0 aliphatic rings. The lowest BCUT2D eigenvalue weighted by Gasteiger charge is -2.12. The Hall–Kier alpha value is -2.43. The summed E-state index contributed by atoms with van der Waals surface area (Å²) in [4.78, 5) is 11.8. The van der Waals surface area contributed by atoms with Crippen LogP contribution in [-0.4, -0.2) is 5.91 Å². The number of rotatable bonds is 4. The van der Waals surface area contributed by atoms with E-state index in [-0.39, 0.29) is 5.56 Å². The normalized spacial score (nSPS) is 10.2. The van der Waals surface area contributed by atoms with Gasteiger partial charge in [0.05, 0.1) is 11.3 Å². The number of halogens is 2. The standard InChI is InChI=1S/C15H14F2N2O/c1-2-10-5-3-4-6-14(10)18-19-15(20)12-8-7-11(16)9-13(12)17/h3-9,18H,2H2,1H3,(H,19,20). The molecule has 0 radical (unpaired) electrons. The lowest BCUT2D eigenvalue weighted by atomic mass is 10.1. The highest BCUT2D eigenvalue weighted by atomic mass is 19.1. The molecule has 20 heavy (non-hydrogen) atoms. The molecule has 2 aromatic carbocycles. The summed E-state index contributed by atoms with van der Waals surface area (Å²) in [6.07, 6.45) is 0.796. The van der Waals surface area contributed by atoms with Gasteiger partial charge in [-0.2, -0.15) is 0 Å². The minimum Gasteiger partial charge on any atom is -0.298 e. The second kappa shape index (κ2) is 6.14. The molecule has 0 spiro atoms. The second-order valence-corrected chi connectivity index (χ2v) is 4.21. The van der Waals surface area contributed by atoms with Crippen LogP contribution in [0.4, 0.5) is 14.5 Å². The van der Waals surface area contributed by atoms with Crippen molar-refractivity contribution in [2.45, 2.75) is 13.3 Å². The van der Waals surface area contributed by atoms with Gasteiger partial charge in [0.2, 0.25) is 0 Å². The molecule has 0 unspecified atom stereocenters. The van der Waals surface area contributed by atoms with Crippen molar-refractivity contribution in [1.29, 1.82) is 0 Å². The SMILES string of the molecule is CCc1ccccc1NNC(=O)c1ccc(F)cc1F. The molecule has 5 heteroatoms. The predicted octanol–water partition coefficient (Wildman–Crippen LogP) is 3.28. The lowest BCUT2D eigenvalue weighted by molar-refractivity contribution is 0.0958. The van der Waals surface area contributed by atoms with E-state index in [1.165, 1.54) is 0 Å². The fraction of sp³-hybridized carbons (Fsp3) is 0.133. The Balaban J connectivity index is 2.09. The number of hydrogen-bond donors (Lipinski definition) is 2. The van der Waals surface area contributed by atoms with Crippen molar-refractivity contribution in [3.63, 3.8) is 0 Å². The Labute approximate surface area is 115 Å². The van der Waals surface area contributed by atoms with Gasteiger partial charge in [0, 0.05) is 6.07 Å². The summed E-state index contributed by atoms with van der Waals surface area (Å²) in [5, 5.41) is 0. The monoisotopic (exact) mass is 276 g/mol. The van der Waals surface area contributed by atoms with Crippen molar-refractivity contribution in [3.05, 3.63) is 65.2 Å². The molecule has 2 N–H and O–H groups in total. The molecule has 0 bridgehead atoms. The Morgan fingerprint density at radius 2 is 1.90 bits per heavy atom. The van der Waals surface area contributed by atoms with Gasteiger partial charge in [0.1, 0.15) is 11.6 Å². The smallest absolute Gasteiger partial charge is 0.272 e. The van der Waals surface area contributed by atoms with Crippen LogP contribution in [0, 0.1) is 11.6 Å². The highest BCUT2D eigenvalue weighted by Gasteiger charge is 2.12. The molecule has 0 aromatic heterocycles. The molecule has 0 atom stereocenters. The Bertz CT molecular complexity index is 629. The molecular weight excluding hydrogens is 262 g/mol. The summed E-state index contributed by atoms with van der Waals surface area (Å²) in [5.41, 5.74) is 6.69. The molecule has 0 aliphatic heterocycles. The number of aryl methyl sites for hydroxylation is 1. The average molecular weight is 276 g/mol. The van der Waals surface area contributed by atoms with Crippen LogP contribution in [0.25, 0.3) is 0 Å². The minimum absolute atomic E-state index is 0.215. The van der Waals surface area contributed by atoms with Crippen LogP contribution in [0.5, 0.6) is 0 Å². The zero-order valence-corrected chi connectivity index (χ0v) is 10.9. The molecule has 0 aliphatic carbocycles. The van der Waals surface area contributed by atoms with E-state index in [1.54, 1.807) is 6.07 Å². The molecular formula is C15H14F2N2O. The third-order valence-electron chi connectivity index (χ3n) is 2.88. The molecule has 3 nitrogen and oxygen atoms in total. The number of hydrogen-bond acceptors (Lipinski definition) is 2. The second-order valence-electron chi connectivity index (χ2n) is 4.21. The lowest BCUT2D eigenvalue weighted by Crippen LogP contribution is -2.30. The number of amides is 1. The third kappa shape index (κ3) is 3.12. The fourth-order valence-corrected chi connectivity index (χ4v) is 1.82. The fourth-order valence-electron chi connectivity index (χ4n) is 1.82. The van der Waals surface area contributed by atoms with Crippen molar-refractivity contribution in [2.75, 3.05) is 5.43 Å². The van der Waals surface area contributed by atoms with Gasteiger partial charge in [-0.3, -0.25) is 15.6 Å². The summed E-state index contributed by atoms with van der Waals surface area (Å²) in [6.45, 7) is 1.99. The van der Waals surface area contributed by atoms with E-state index in [1.807, 2.05) is 25.1 Å². The maximum atomic E-state index is 13.4. The average Bonchev–Trinajstić information content (AvgIpc) is 2.45. The summed E-state index contributed by atoms with van der Waals surface area (Å²) in [6, 6.07) is 10.3. The first-order chi connectivity index (χ1) is 9.61. The number of benzene rings is 2. The van der Waals surface area contributed by atoms with Crippen LogP contribution in [0.2, 0.25) is 0 Å². The van der Waals surface area contributed by atoms with Crippen molar-refractivity contribution in [3.8, 4) is 0 Å². The Kier molecular flexibility index (Phi) is 4.30. The van der Waals surface area contributed by atoms with Crippen LogP contribution in [0.3, 0.4) is 0 Å². The first-order valence-corrected chi connectivity index (χ1v) is 6.21. The van der Waals surface area contributed by atoms with E-state index in [0.717, 1.165) is 29.8 Å². The Morgan fingerprint density at radius 3 is 2.60 bits per heavy atom. The number of carbonyl (C=O) groups is 1. The van der Waals surface area contributed by atoms with Crippen molar-refractivity contribution < 1.29 is 13.6 Å². The maximum Gasteiger partial charge on any atom is 0.272 e. The number of carbonyl (C=O) groups excluding carboxylic acids is 1. The number of para-hydroxylation sites is 1. The summed E-state index contributed by atoms with van der Waals surface area (Å²) in [5.74, 6) is -2.27. The summed E-state index contributed by atoms with van der Waals surface area (Å²) in [7, 11) is 0. The van der Waals surface area contributed by atoms with E-state index in [0.29, 0.717) is 6.07 Å². The van der Waals surface area contributed by atoms with Crippen molar-refractivity contribution >= 4 is 11.6 Å². The van der Waals surface area contributed by atoms with E-state index >= 15 is 0 Å². The molecule has 2 aromatic rings. The number of nitrogens with one attached hydrogen (secondary N) is 2. The zero-order chi connectivity index (χ0) is 14.5. The third-order valence-corrected chi connectivity index (χ3v) is 2.88. The molecule has 0 heterocycles. The predicted molar refractivity (Wildman–Crippen MR) is 73.3 cm³/mol. The van der Waals surface area contributed by atoms with Gasteiger partial charge < -0.3 is 0 Å². The molecule has 0 saturated carbocycles. The number of hydrazine groups is 1. The van der Waals surface area contributed by atoms with E-state index < -0.39 is 17.5 Å². The molecule has 0 fully saturated rings. The van der Waals surface area contributed by atoms with Gasteiger partial charge in [-0.1, -0.05) is 25.1 Å². The van der Waals surface area contributed by atoms with E-state index in [2.05, 4.69) is 10.9 Å². The van der Waals surface area contributed by atoms with Crippen LogP contribution in [0.1, 0.15) is 22.8 Å². The quantitative estimate of drug-likeness (QED) is 0.841. The van der Waals surface area contributed by atoms with Gasteiger partial charge in [-0.05, 0) is 30.2 Å². The van der Waals surface area contributed by atoms with Gasteiger partial charge in [-0.15, -0.1) is 0 Å². The zero-order valence-electron chi connectivity index (χ0n) is 10.9. The molecule has 1 amide bonds. The first kappa shape index (κ1) is 14.0. The van der Waals surface area contributed by atoms with Gasteiger partial charge in [0.25, 0.3) is 5.91 Å². The van der Waals surface area contributed by atoms with Crippen LogP contribution in [-0.2, 0) is 6.42 Å². The molecule has 0 saturated heterocycles. The van der Waals surface area contributed by atoms with Crippen molar-refractivity contribution in [1.82, 2.24) is 5.43 Å². The summed E-state index contributed by atoms with van der Waals surface area (Å²) < 4.78 is 26.2. The van der Waals surface area contributed by atoms with Crippen molar-refractivity contribution in [2.24, 2.45) is 0 Å². The topological polar surface area (TPSA) is 41.1 Å². The van der Waals surface area contributed by atoms with Gasteiger partial charge in [-0.25, -0.2) is 8.78 Å². The number of anilines is 1. The molecule has 104 valence electrons. The summed E-state index contributed by atoms with van der Waals surface area (Å²) >= 11 is 0. The van der Waals surface area contributed by atoms with Gasteiger partial charge >= 0.3 is 0 Å². The van der Waals surface area contributed by atoms with Crippen LogP contribution < -0.4 is 10.9 Å². The van der Waals surface area contributed by atoms with Gasteiger partial charge in [0.15, 0.2) is 0 Å². The van der Waals surface area contributed by atoms with Crippen LogP contribution in [0.15, 0.2) is 42.5 Å².